The summed E-state index contributed by atoms with van der Waals surface area (Å²) >= 11 is 0. The van der Waals surface area contributed by atoms with Gasteiger partial charge in [-0.05, 0) is 55.8 Å². The molecule has 132 valence electrons. The molecular weight excluding hydrogens is 298 g/mol. The smallest absolute Gasteiger partial charge is 0.237 e. The SMILES string of the molecule is CC1CCCN(Cc2ccccc2CNC(=O)C2CCCCN2)C1. The molecule has 24 heavy (non-hydrogen) atoms. The van der Waals surface area contributed by atoms with Gasteiger partial charge < -0.3 is 10.6 Å². The van der Waals surface area contributed by atoms with Gasteiger partial charge in [-0.15, -0.1) is 0 Å². The zero-order valence-corrected chi connectivity index (χ0v) is 14.9. The third-order valence-electron chi connectivity index (χ3n) is 5.33. The van der Waals surface area contributed by atoms with Gasteiger partial charge in [-0.25, -0.2) is 0 Å². The number of benzene rings is 1. The van der Waals surface area contributed by atoms with Crippen LogP contribution in [0.3, 0.4) is 0 Å². The summed E-state index contributed by atoms with van der Waals surface area (Å²) in [5.41, 5.74) is 2.60. The lowest BCUT2D eigenvalue weighted by Gasteiger charge is -2.31. The van der Waals surface area contributed by atoms with E-state index >= 15 is 0 Å². The van der Waals surface area contributed by atoms with E-state index in [9.17, 15) is 4.79 Å². The largest absolute Gasteiger partial charge is 0.351 e. The van der Waals surface area contributed by atoms with Gasteiger partial charge in [0.25, 0.3) is 0 Å². The summed E-state index contributed by atoms with van der Waals surface area (Å²) in [7, 11) is 0. The van der Waals surface area contributed by atoms with Crippen LogP contribution in [0.15, 0.2) is 24.3 Å². The summed E-state index contributed by atoms with van der Waals surface area (Å²) in [6.07, 6.45) is 5.94. The minimum atomic E-state index is -0.00569. The van der Waals surface area contributed by atoms with Gasteiger partial charge in [-0.3, -0.25) is 9.69 Å². The zero-order chi connectivity index (χ0) is 16.8. The van der Waals surface area contributed by atoms with Crippen LogP contribution in [-0.2, 0) is 17.9 Å². The van der Waals surface area contributed by atoms with E-state index in [0.717, 1.165) is 31.8 Å². The number of rotatable bonds is 5. The molecule has 2 aliphatic rings. The number of hydrogen-bond acceptors (Lipinski definition) is 3. The van der Waals surface area contributed by atoms with Crippen molar-refractivity contribution in [3.8, 4) is 0 Å². The number of hydrogen-bond donors (Lipinski definition) is 2. The molecule has 2 unspecified atom stereocenters. The fraction of sp³-hybridized carbons (Fsp3) is 0.650. The highest BCUT2D eigenvalue weighted by Crippen LogP contribution is 2.19. The van der Waals surface area contributed by atoms with Gasteiger partial charge in [0.15, 0.2) is 0 Å². The fourth-order valence-electron chi connectivity index (χ4n) is 3.94. The third-order valence-corrected chi connectivity index (χ3v) is 5.33. The van der Waals surface area contributed by atoms with E-state index in [1.807, 2.05) is 0 Å². The molecule has 1 aromatic carbocycles. The Morgan fingerprint density at radius 2 is 2.04 bits per heavy atom. The number of nitrogens with zero attached hydrogens (tertiary/aromatic N) is 1. The van der Waals surface area contributed by atoms with Crippen molar-refractivity contribution in [2.24, 2.45) is 5.92 Å². The third kappa shape index (κ3) is 4.81. The molecule has 2 fully saturated rings. The number of amides is 1. The normalized spacial score (nSPS) is 25.4. The van der Waals surface area contributed by atoms with Crippen molar-refractivity contribution in [3.63, 3.8) is 0 Å². The minimum Gasteiger partial charge on any atom is -0.351 e. The number of likely N-dealkylation sites (tertiary alicyclic amines) is 1. The van der Waals surface area contributed by atoms with Gasteiger partial charge in [-0.1, -0.05) is 37.6 Å². The lowest BCUT2D eigenvalue weighted by atomic mass is 9.99. The van der Waals surface area contributed by atoms with Crippen LogP contribution in [0, 0.1) is 5.92 Å². The van der Waals surface area contributed by atoms with E-state index < -0.39 is 0 Å². The Kier molecular flexibility index (Phi) is 6.27. The van der Waals surface area contributed by atoms with Crippen LogP contribution >= 0.6 is 0 Å². The van der Waals surface area contributed by atoms with Crippen LogP contribution < -0.4 is 10.6 Å². The average Bonchev–Trinajstić information content (AvgIpc) is 2.61. The summed E-state index contributed by atoms with van der Waals surface area (Å²) in [5, 5.41) is 6.46. The predicted molar refractivity (Wildman–Crippen MR) is 97.6 cm³/mol. The second-order valence-electron chi connectivity index (χ2n) is 7.47. The Bertz CT molecular complexity index is 539. The van der Waals surface area contributed by atoms with E-state index in [4.69, 9.17) is 0 Å². The fourth-order valence-corrected chi connectivity index (χ4v) is 3.94. The Morgan fingerprint density at radius 1 is 1.21 bits per heavy atom. The average molecular weight is 329 g/mol. The quantitative estimate of drug-likeness (QED) is 0.873. The van der Waals surface area contributed by atoms with Crippen LogP contribution in [0.25, 0.3) is 0 Å². The molecule has 0 aromatic heterocycles. The maximum absolute atomic E-state index is 12.3. The lowest BCUT2D eigenvalue weighted by molar-refractivity contribution is -0.123. The standard InChI is InChI=1S/C20H31N3O/c1-16-7-6-12-23(14-16)15-18-9-3-2-8-17(18)13-22-20(24)19-10-4-5-11-21-19/h2-3,8-9,16,19,21H,4-7,10-15H2,1H3,(H,22,24). The van der Waals surface area contributed by atoms with E-state index in [1.165, 1.54) is 43.5 Å². The summed E-state index contributed by atoms with van der Waals surface area (Å²) in [4.78, 5) is 14.9. The van der Waals surface area contributed by atoms with Crippen LogP contribution in [0.2, 0.25) is 0 Å². The highest BCUT2D eigenvalue weighted by molar-refractivity contribution is 5.81. The Balaban J connectivity index is 1.56. The highest BCUT2D eigenvalue weighted by atomic mass is 16.2. The van der Waals surface area contributed by atoms with Crippen molar-refractivity contribution in [3.05, 3.63) is 35.4 Å². The molecular formula is C20H31N3O. The first-order valence-corrected chi connectivity index (χ1v) is 9.52. The molecule has 0 bridgehead atoms. The van der Waals surface area contributed by atoms with E-state index in [-0.39, 0.29) is 11.9 Å². The monoisotopic (exact) mass is 329 g/mol. The first-order chi connectivity index (χ1) is 11.7. The molecule has 4 heteroatoms. The summed E-state index contributed by atoms with van der Waals surface area (Å²) in [6.45, 7) is 7.32. The molecule has 3 rings (SSSR count). The second-order valence-corrected chi connectivity index (χ2v) is 7.47. The van der Waals surface area contributed by atoms with E-state index in [1.54, 1.807) is 0 Å². The topological polar surface area (TPSA) is 44.4 Å². The van der Waals surface area contributed by atoms with Crippen molar-refractivity contribution < 1.29 is 4.79 Å². The molecule has 2 N–H and O–H groups in total. The van der Waals surface area contributed by atoms with Gasteiger partial charge in [-0.2, -0.15) is 0 Å². The Labute approximate surface area is 146 Å². The Morgan fingerprint density at radius 3 is 2.79 bits per heavy atom. The van der Waals surface area contributed by atoms with Crippen molar-refractivity contribution in [2.75, 3.05) is 19.6 Å². The lowest BCUT2D eigenvalue weighted by Crippen LogP contribution is -2.46. The molecule has 0 saturated carbocycles. The molecule has 0 radical (unpaired) electrons. The van der Waals surface area contributed by atoms with Gasteiger partial charge >= 0.3 is 0 Å². The summed E-state index contributed by atoms with van der Waals surface area (Å²) in [6, 6.07) is 8.53. The van der Waals surface area contributed by atoms with Crippen molar-refractivity contribution in [1.29, 1.82) is 0 Å². The van der Waals surface area contributed by atoms with Crippen LogP contribution in [0.5, 0.6) is 0 Å². The second kappa shape index (κ2) is 8.63. The van der Waals surface area contributed by atoms with Gasteiger partial charge in [0, 0.05) is 19.6 Å². The Hall–Kier alpha value is -1.39. The van der Waals surface area contributed by atoms with Crippen molar-refractivity contribution in [2.45, 2.75) is 58.2 Å². The number of piperidine rings is 2. The van der Waals surface area contributed by atoms with Crippen LogP contribution in [0.1, 0.15) is 50.2 Å². The molecule has 2 aliphatic heterocycles. The molecule has 4 nitrogen and oxygen atoms in total. The van der Waals surface area contributed by atoms with Gasteiger partial charge in [0.05, 0.1) is 6.04 Å². The highest BCUT2D eigenvalue weighted by Gasteiger charge is 2.21. The first-order valence-electron chi connectivity index (χ1n) is 9.52. The van der Waals surface area contributed by atoms with Crippen LogP contribution in [-0.4, -0.2) is 36.5 Å². The van der Waals surface area contributed by atoms with Crippen LogP contribution in [0.4, 0.5) is 0 Å². The van der Waals surface area contributed by atoms with Gasteiger partial charge in [0.2, 0.25) is 5.91 Å². The number of carbonyl (C=O) groups excluding carboxylic acids is 1. The van der Waals surface area contributed by atoms with Crippen molar-refractivity contribution >= 4 is 5.91 Å². The molecule has 1 aromatic rings. The number of carbonyl (C=O) groups is 1. The molecule has 0 spiro atoms. The van der Waals surface area contributed by atoms with Crippen molar-refractivity contribution in [1.82, 2.24) is 15.5 Å². The predicted octanol–water partition coefficient (Wildman–Crippen LogP) is 2.68. The first kappa shape index (κ1) is 17.4. The van der Waals surface area contributed by atoms with E-state index in [0.29, 0.717) is 6.54 Å². The minimum absolute atomic E-state index is 0.00569. The van der Waals surface area contributed by atoms with Gasteiger partial charge in [0.1, 0.15) is 0 Å². The van der Waals surface area contributed by atoms with E-state index in [2.05, 4.69) is 46.7 Å². The summed E-state index contributed by atoms with van der Waals surface area (Å²) in [5.74, 6) is 0.944. The molecule has 2 atom stereocenters. The maximum atomic E-state index is 12.3. The maximum Gasteiger partial charge on any atom is 0.237 e. The summed E-state index contributed by atoms with van der Waals surface area (Å²) < 4.78 is 0. The molecule has 0 aliphatic carbocycles. The zero-order valence-electron chi connectivity index (χ0n) is 14.9. The molecule has 2 saturated heterocycles. The number of nitrogens with one attached hydrogen (secondary N) is 2. The molecule has 2 heterocycles. The molecule has 1 amide bonds.